The molecule has 244 valence electrons. The number of cyclic esters (lactones) is 1. The Morgan fingerprint density at radius 1 is 0.915 bits per heavy atom. The smallest absolute Gasteiger partial charge is 0.416 e. The molecule has 2 aliphatic heterocycles. The lowest BCUT2D eigenvalue weighted by molar-refractivity contribution is -0.138. The number of carboxylic acids is 1. The highest BCUT2D eigenvalue weighted by Gasteiger charge is 2.51. The molecule has 6 rings (SSSR count). The van der Waals surface area contributed by atoms with Gasteiger partial charge in [-0.2, -0.15) is 26.3 Å². The number of ether oxygens (including phenoxy) is 2. The number of hydrogen-bond donors (Lipinski definition) is 1. The zero-order chi connectivity index (χ0) is 33.8. The molecule has 47 heavy (non-hydrogen) atoms. The molecule has 3 atom stereocenters. The number of aromatic carboxylic acids is 1. The highest BCUT2D eigenvalue weighted by Crippen LogP contribution is 2.51. The summed E-state index contributed by atoms with van der Waals surface area (Å²) < 4.78 is 93.5. The normalized spacial score (nSPS) is 19.4. The van der Waals surface area contributed by atoms with Crippen molar-refractivity contribution in [3.8, 4) is 28.1 Å². The van der Waals surface area contributed by atoms with E-state index in [2.05, 4.69) is 4.98 Å². The molecule has 3 aromatic carbocycles. The van der Waals surface area contributed by atoms with Crippen molar-refractivity contribution < 1.29 is 50.5 Å². The second kappa shape index (κ2) is 11.6. The Balaban J connectivity index is 1.45. The number of hydrogen-bond acceptors (Lipinski definition) is 5. The third-order valence-corrected chi connectivity index (χ3v) is 8.62. The Kier molecular flexibility index (Phi) is 7.89. The van der Waals surface area contributed by atoms with E-state index in [-0.39, 0.29) is 35.4 Å². The van der Waals surface area contributed by atoms with Crippen molar-refractivity contribution >= 4 is 12.1 Å². The number of amides is 1. The number of benzene rings is 3. The monoisotopic (exact) mass is 656 g/mol. The highest BCUT2D eigenvalue weighted by atomic mass is 19.4. The van der Waals surface area contributed by atoms with E-state index in [9.17, 15) is 41.0 Å². The summed E-state index contributed by atoms with van der Waals surface area (Å²) >= 11 is 0. The number of nitrogens with zero attached hydrogens (tertiary/aromatic N) is 2. The summed E-state index contributed by atoms with van der Waals surface area (Å²) in [6.07, 6.45) is -9.27. The molecule has 1 amide bonds. The van der Waals surface area contributed by atoms with Crippen molar-refractivity contribution in [3.05, 3.63) is 106 Å². The number of alkyl halides is 6. The predicted octanol–water partition coefficient (Wildman–Crippen LogP) is 8.87. The zero-order valence-corrected chi connectivity index (χ0v) is 24.8. The molecule has 3 heterocycles. The number of methoxy groups -OCH3 is 1. The fourth-order valence-electron chi connectivity index (χ4n) is 6.47. The van der Waals surface area contributed by atoms with Crippen LogP contribution in [-0.4, -0.2) is 40.2 Å². The third kappa shape index (κ3) is 5.85. The van der Waals surface area contributed by atoms with Crippen LogP contribution in [0, 0.1) is 6.92 Å². The van der Waals surface area contributed by atoms with Crippen LogP contribution in [-0.2, 0) is 17.1 Å². The maximum atomic E-state index is 14.0. The van der Waals surface area contributed by atoms with Gasteiger partial charge in [0.25, 0.3) is 0 Å². The van der Waals surface area contributed by atoms with Gasteiger partial charge >= 0.3 is 24.4 Å². The van der Waals surface area contributed by atoms with Gasteiger partial charge in [-0.25, -0.2) is 14.6 Å². The summed E-state index contributed by atoms with van der Waals surface area (Å²) in [5.41, 5.74) is 0.891. The molecule has 4 aromatic rings. The largest absolute Gasteiger partial charge is 0.481 e. The molecule has 0 unspecified atom stereocenters. The summed E-state index contributed by atoms with van der Waals surface area (Å²) in [6.45, 7) is 1.72. The predicted molar refractivity (Wildman–Crippen MR) is 157 cm³/mol. The van der Waals surface area contributed by atoms with Crippen molar-refractivity contribution in [1.82, 2.24) is 9.88 Å². The average molecular weight is 657 g/mol. The summed E-state index contributed by atoms with van der Waals surface area (Å²) in [6, 6.07) is 12.2. The standard InChI is InChI=1S/C34H26F6N2O5/c1-17-12-19(31(43)44)6-8-23(17)20-14-26(30(46-2)41-16-20)24-9-7-22(34(38,39)40)15-25(24)27-10-11-28-29(47-32(45)42(27)28)18-4-3-5-21(13-18)33(35,36)37/h3-9,12-16,27-29H,10-11H2,1-2H3,(H,43,44)/t27-,28-,29+/m0/s1. The molecule has 2 fully saturated rings. The summed E-state index contributed by atoms with van der Waals surface area (Å²) in [7, 11) is 1.35. The van der Waals surface area contributed by atoms with Crippen LogP contribution in [0.4, 0.5) is 31.1 Å². The average Bonchev–Trinajstić information content (AvgIpc) is 3.60. The molecular formula is C34H26F6N2O5. The Morgan fingerprint density at radius 3 is 2.28 bits per heavy atom. The molecule has 0 saturated carbocycles. The Morgan fingerprint density at radius 2 is 1.62 bits per heavy atom. The molecule has 1 aromatic heterocycles. The van der Waals surface area contributed by atoms with Gasteiger partial charge in [0, 0.05) is 17.3 Å². The Labute approximate surface area is 264 Å². The Bertz CT molecular complexity index is 1890. The number of rotatable bonds is 6. The van der Waals surface area contributed by atoms with Crippen LogP contribution in [0.3, 0.4) is 0 Å². The summed E-state index contributed by atoms with van der Waals surface area (Å²) in [4.78, 5) is 30.4. The Hall–Kier alpha value is -5.07. The SMILES string of the molecule is COc1ncc(-c2ccc(C(=O)O)cc2C)cc1-c1ccc(C(F)(F)F)cc1[C@@H]1CC[C@H]2[C@@H](c3cccc(C(F)(F)F)c3)OC(=O)N12. The first-order valence-corrected chi connectivity index (χ1v) is 14.4. The number of halogens is 6. The van der Waals surface area contributed by atoms with Gasteiger partial charge in [-0.05, 0) is 90.0 Å². The maximum Gasteiger partial charge on any atom is 0.416 e. The minimum atomic E-state index is -4.72. The number of aromatic nitrogens is 1. The first-order chi connectivity index (χ1) is 22.2. The van der Waals surface area contributed by atoms with E-state index < -0.39 is 53.7 Å². The highest BCUT2D eigenvalue weighted by molar-refractivity contribution is 5.89. The lowest BCUT2D eigenvalue weighted by Gasteiger charge is -2.26. The zero-order valence-electron chi connectivity index (χ0n) is 24.8. The summed E-state index contributed by atoms with van der Waals surface area (Å²) in [5, 5.41) is 9.36. The first kappa shape index (κ1) is 31.9. The van der Waals surface area contributed by atoms with Gasteiger partial charge in [0.05, 0.1) is 35.9 Å². The number of carbonyl (C=O) groups is 2. The lowest BCUT2D eigenvalue weighted by atomic mass is 9.90. The van der Waals surface area contributed by atoms with Crippen LogP contribution >= 0.6 is 0 Å². The molecule has 0 radical (unpaired) electrons. The van der Waals surface area contributed by atoms with Crippen LogP contribution in [0.2, 0.25) is 0 Å². The second-order valence-corrected chi connectivity index (χ2v) is 11.4. The van der Waals surface area contributed by atoms with E-state index >= 15 is 0 Å². The minimum Gasteiger partial charge on any atom is -0.481 e. The van der Waals surface area contributed by atoms with Crippen LogP contribution in [0.5, 0.6) is 5.88 Å². The van der Waals surface area contributed by atoms with E-state index in [1.807, 2.05) is 0 Å². The molecule has 2 saturated heterocycles. The van der Waals surface area contributed by atoms with Gasteiger partial charge in [0.15, 0.2) is 0 Å². The van der Waals surface area contributed by atoms with Gasteiger partial charge < -0.3 is 14.6 Å². The van der Waals surface area contributed by atoms with Crippen molar-refractivity contribution in [1.29, 1.82) is 0 Å². The van der Waals surface area contributed by atoms with Crippen LogP contribution in [0.25, 0.3) is 22.3 Å². The molecular weight excluding hydrogens is 630 g/mol. The van der Waals surface area contributed by atoms with Crippen molar-refractivity contribution in [3.63, 3.8) is 0 Å². The van der Waals surface area contributed by atoms with E-state index in [1.165, 1.54) is 48.5 Å². The maximum absolute atomic E-state index is 14.0. The second-order valence-electron chi connectivity index (χ2n) is 11.4. The van der Waals surface area contributed by atoms with E-state index in [0.717, 1.165) is 24.3 Å². The van der Waals surface area contributed by atoms with Gasteiger partial charge in [-0.3, -0.25) is 4.90 Å². The number of aryl methyl sites for hydroxylation is 1. The van der Waals surface area contributed by atoms with Crippen LogP contribution in [0.15, 0.2) is 72.9 Å². The quantitative estimate of drug-likeness (QED) is 0.209. The number of carboxylic acid groups (broad SMARTS) is 1. The number of pyridine rings is 1. The molecule has 2 aliphatic rings. The van der Waals surface area contributed by atoms with Gasteiger partial charge in [-0.15, -0.1) is 0 Å². The molecule has 13 heteroatoms. The number of fused-ring (bicyclic) bond motifs is 1. The first-order valence-electron chi connectivity index (χ1n) is 14.4. The van der Waals surface area contributed by atoms with Crippen molar-refractivity contribution in [2.45, 2.75) is 50.3 Å². The van der Waals surface area contributed by atoms with Crippen molar-refractivity contribution in [2.75, 3.05) is 7.11 Å². The molecule has 0 bridgehead atoms. The van der Waals surface area contributed by atoms with Gasteiger partial charge in [0.1, 0.15) is 6.10 Å². The molecule has 0 aliphatic carbocycles. The lowest BCUT2D eigenvalue weighted by Crippen LogP contribution is -2.31. The fraction of sp³-hybridized carbons (Fsp3) is 0.265. The molecule has 1 N–H and O–H groups in total. The minimum absolute atomic E-state index is 0.0784. The third-order valence-electron chi connectivity index (χ3n) is 8.62. The van der Waals surface area contributed by atoms with Crippen LogP contribution in [0.1, 0.15) is 63.2 Å². The van der Waals surface area contributed by atoms with Gasteiger partial charge in [0.2, 0.25) is 5.88 Å². The molecule has 7 nitrogen and oxygen atoms in total. The van der Waals surface area contributed by atoms with E-state index in [4.69, 9.17) is 9.47 Å². The molecule has 0 spiro atoms. The van der Waals surface area contributed by atoms with Crippen molar-refractivity contribution in [2.24, 2.45) is 0 Å². The van der Waals surface area contributed by atoms with E-state index in [0.29, 0.717) is 27.8 Å². The van der Waals surface area contributed by atoms with E-state index in [1.54, 1.807) is 19.1 Å². The van der Waals surface area contributed by atoms with Gasteiger partial charge in [-0.1, -0.05) is 24.3 Å². The summed E-state index contributed by atoms with van der Waals surface area (Å²) in [5.74, 6) is -1.01. The number of carbonyl (C=O) groups excluding carboxylic acids is 1. The van der Waals surface area contributed by atoms with Crippen LogP contribution < -0.4 is 4.74 Å². The fourth-order valence-corrected chi connectivity index (χ4v) is 6.47. The topological polar surface area (TPSA) is 89.0 Å².